The molecule has 0 unspecified atom stereocenters. The maximum absolute atomic E-state index is 12.7. The Morgan fingerprint density at radius 1 is 1.24 bits per heavy atom. The van der Waals surface area contributed by atoms with E-state index in [0.717, 1.165) is 35.4 Å². The summed E-state index contributed by atoms with van der Waals surface area (Å²) >= 11 is 1.16. The van der Waals surface area contributed by atoms with E-state index in [4.69, 9.17) is 0 Å². The van der Waals surface area contributed by atoms with Crippen LogP contribution in [0.1, 0.15) is 35.0 Å². The molecule has 1 N–H and O–H groups in total. The van der Waals surface area contributed by atoms with Gasteiger partial charge in [0.25, 0.3) is 5.91 Å². The number of nitrogens with zero attached hydrogens (tertiary/aromatic N) is 1. The number of thiophene rings is 1. The van der Waals surface area contributed by atoms with E-state index in [0.29, 0.717) is 23.9 Å². The van der Waals surface area contributed by atoms with Crippen molar-refractivity contribution in [2.24, 2.45) is 5.92 Å². The molecular formula is C18H22N2O3S2. The van der Waals surface area contributed by atoms with Crippen molar-refractivity contribution in [3.63, 3.8) is 0 Å². The number of aryl methyl sites for hydroxylation is 1. The molecule has 2 heterocycles. The number of sulfonamides is 1. The van der Waals surface area contributed by atoms with E-state index in [1.807, 2.05) is 31.2 Å². The van der Waals surface area contributed by atoms with Crippen LogP contribution in [0.5, 0.6) is 0 Å². The van der Waals surface area contributed by atoms with E-state index in [2.05, 4.69) is 12.2 Å². The van der Waals surface area contributed by atoms with Crippen molar-refractivity contribution < 1.29 is 13.2 Å². The van der Waals surface area contributed by atoms with Crippen molar-refractivity contribution in [1.29, 1.82) is 0 Å². The smallest absolute Gasteiger partial charge is 0.265 e. The summed E-state index contributed by atoms with van der Waals surface area (Å²) < 4.78 is 27.0. The summed E-state index contributed by atoms with van der Waals surface area (Å²) in [6.07, 6.45) is 1.76. The minimum Gasteiger partial charge on any atom is -0.321 e. The lowest BCUT2D eigenvalue weighted by molar-refractivity contribution is 0.103. The molecule has 1 aromatic carbocycles. The number of hydrogen-bond donors (Lipinski definition) is 1. The molecule has 0 radical (unpaired) electrons. The quantitative estimate of drug-likeness (QED) is 0.881. The van der Waals surface area contributed by atoms with Crippen LogP contribution < -0.4 is 5.32 Å². The summed E-state index contributed by atoms with van der Waals surface area (Å²) in [6.45, 7) is 5.15. The molecule has 2 aromatic rings. The number of para-hydroxylation sites is 1. The van der Waals surface area contributed by atoms with E-state index < -0.39 is 10.0 Å². The second-order valence-electron chi connectivity index (χ2n) is 6.50. The fraction of sp³-hybridized carbons (Fsp3) is 0.389. The van der Waals surface area contributed by atoms with Gasteiger partial charge < -0.3 is 5.32 Å². The molecule has 3 rings (SSSR count). The van der Waals surface area contributed by atoms with Crippen LogP contribution in [0.4, 0.5) is 5.69 Å². The number of nitrogens with one attached hydrogen (secondary N) is 1. The number of carbonyl (C=O) groups is 1. The lowest BCUT2D eigenvalue weighted by atomic mass is 10.0. The molecule has 1 aliphatic rings. The molecule has 1 aliphatic heterocycles. The van der Waals surface area contributed by atoms with Gasteiger partial charge in [-0.1, -0.05) is 25.1 Å². The molecule has 1 amide bonds. The minimum absolute atomic E-state index is 0.210. The number of anilines is 1. The van der Waals surface area contributed by atoms with E-state index >= 15 is 0 Å². The number of hydrogen-bond acceptors (Lipinski definition) is 4. The number of rotatable bonds is 4. The second-order valence-corrected chi connectivity index (χ2v) is 9.35. The van der Waals surface area contributed by atoms with Gasteiger partial charge in [0.1, 0.15) is 0 Å². The minimum atomic E-state index is -3.52. The van der Waals surface area contributed by atoms with Crippen LogP contribution in [0.15, 0.2) is 40.6 Å². The summed E-state index contributed by atoms with van der Waals surface area (Å²) in [5.41, 5.74) is 1.69. The van der Waals surface area contributed by atoms with E-state index in [1.54, 1.807) is 5.38 Å². The summed E-state index contributed by atoms with van der Waals surface area (Å²) in [5.74, 6) is 0.275. The van der Waals surface area contributed by atoms with Gasteiger partial charge in [-0.05, 0) is 43.4 Å². The van der Waals surface area contributed by atoms with Gasteiger partial charge in [-0.15, -0.1) is 11.3 Å². The molecule has 1 fully saturated rings. The Morgan fingerprint density at radius 2 is 1.92 bits per heavy atom. The zero-order chi connectivity index (χ0) is 18.0. The number of amides is 1. The van der Waals surface area contributed by atoms with Gasteiger partial charge in [0, 0.05) is 24.2 Å². The fourth-order valence-corrected chi connectivity index (χ4v) is 5.47. The SMILES string of the molecule is Cc1ccccc1NC(=O)c1cc(S(=O)(=O)N2CCC(C)CC2)cs1. The lowest BCUT2D eigenvalue weighted by Gasteiger charge is -2.29. The van der Waals surface area contributed by atoms with Gasteiger partial charge in [0.15, 0.2) is 0 Å². The monoisotopic (exact) mass is 378 g/mol. The summed E-state index contributed by atoms with van der Waals surface area (Å²) in [6, 6.07) is 8.97. The molecule has 7 heteroatoms. The second kappa shape index (κ2) is 7.27. The highest BCUT2D eigenvalue weighted by Crippen LogP contribution is 2.27. The van der Waals surface area contributed by atoms with Crippen molar-refractivity contribution in [2.45, 2.75) is 31.6 Å². The highest BCUT2D eigenvalue weighted by atomic mass is 32.2. The molecule has 0 atom stereocenters. The first kappa shape index (κ1) is 18.1. The molecule has 1 saturated heterocycles. The maximum Gasteiger partial charge on any atom is 0.265 e. The van der Waals surface area contributed by atoms with Gasteiger partial charge in [-0.2, -0.15) is 4.31 Å². The first-order chi connectivity index (χ1) is 11.9. The molecule has 5 nitrogen and oxygen atoms in total. The first-order valence-corrected chi connectivity index (χ1v) is 10.7. The number of carbonyl (C=O) groups excluding carboxylic acids is 1. The Bertz CT molecular complexity index is 866. The predicted octanol–water partition coefficient (Wildman–Crippen LogP) is 3.73. The van der Waals surface area contributed by atoms with Crippen LogP contribution >= 0.6 is 11.3 Å². The number of benzene rings is 1. The Hall–Kier alpha value is -1.70. The molecular weight excluding hydrogens is 356 g/mol. The highest BCUT2D eigenvalue weighted by Gasteiger charge is 2.29. The lowest BCUT2D eigenvalue weighted by Crippen LogP contribution is -2.37. The van der Waals surface area contributed by atoms with Crippen molar-refractivity contribution >= 4 is 33.0 Å². The van der Waals surface area contributed by atoms with Crippen LogP contribution in [0.25, 0.3) is 0 Å². The predicted molar refractivity (Wildman–Crippen MR) is 101 cm³/mol. The van der Waals surface area contributed by atoms with Crippen LogP contribution in [0.2, 0.25) is 0 Å². The molecule has 0 spiro atoms. The van der Waals surface area contributed by atoms with E-state index in [1.165, 1.54) is 10.4 Å². The summed E-state index contributed by atoms with van der Waals surface area (Å²) in [7, 11) is -3.52. The van der Waals surface area contributed by atoms with Crippen LogP contribution in [-0.2, 0) is 10.0 Å². The molecule has 134 valence electrons. The van der Waals surface area contributed by atoms with Crippen molar-refractivity contribution in [2.75, 3.05) is 18.4 Å². The van der Waals surface area contributed by atoms with Gasteiger partial charge in [-0.3, -0.25) is 4.79 Å². The van der Waals surface area contributed by atoms with E-state index in [-0.39, 0.29) is 10.8 Å². The Balaban J connectivity index is 1.75. The Kier molecular flexibility index (Phi) is 5.27. The van der Waals surface area contributed by atoms with Crippen LogP contribution in [-0.4, -0.2) is 31.7 Å². The molecule has 1 aromatic heterocycles. The van der Waals surface area contributed by atoms with Crippen LogP contribution in [0.3, 0.4) is 0 Å². The van der Waals surface area contributed by atoms with Crippen LogP contribution in [0, 0.1) is 12.8 Å². The van der Waals surface area contributed by atoms with Gasteiger partial charge in [0.2, 0.25) is 10.0 Å². The third-order valence-electron chi connectivity index (χ3n) is 4.57. The Morgan fingerprint density at radius 3 is 2.60 bits per heavy atom. The average molecular weight is 379 g/mol. The molecule has 25 heavy (non-hydrogen) atoms. The number of piperidine rings is 1. The third-order valence-corrected chi connectivity index (χ3v) is 7.53. The summed E-state index contributed by atoms with van der Waals surface area (Å²) in [5, 5.41) is 4.40. The zero-order valence-corrected chi connectivity index (χ0v) is 16.0. The van der Waals surface area contributed by atoms with Crippen molar-refractivity contribution in [3.8, 4) is 0 Å². The molecule has 0 bridgehead atoms. The topological polar surface area (TPSA) is 66.5 Å². The molecule has 0 saturated carbocycles. The van der Waals surface area contributed by atoms with Crippen molar-refractivity contribution in [1.82, 2.24) is 4.31 Å². The van der Waals surface area contributed by atoms with Gasteiger partial charge in [-0.25, -0.2) is 8.42 Å². The molecule has 0 aliphatic carbocycles. The average Bonchev–Trinajstić information content (AvgIpc) is 3.08. The summed E-state index contributed by atoms with van der Waals surface area (Å²) in [4.78, 5) is 13.0. The van der Waals surface area contributed by atoms with Gasteiger partial charge in [0.05, 0.1) is 9.77 Å². The fourth-order valence-electron chi connectivity index (χ4n) is 2.84. The third kappa shape index (κ3) is 3.94. The van der Waals surface area contributed by atoms with E-state index in [9.17, 15) is 13.2 Å². The standard InChI is InChI=1S/C18H22N2O3S2/c1-13-7-9-20(10-8-13)25(22,23)15-11-17(24-12-15)18(21)19-16-6-4-3-5-14(16)2/h3-6,11-13H,7-10H2,1-2H3,(H,19,21). The normalized spacial score (nSPS) is 16.7. The van der Waals surface area contributed by atoms with Crippen molar-refractivity contribution in [3.05, 3.63) is 46.2 Å². The van der Waals surface area contributed by atoms with Gasteiger partial charge >= 0.3 is 0 Å². The first-order valence-electron chi connectivity index (χ1n) is 8.33. The largest absolute Gasteiger partial charge is 0.321 e. The maximum atomic E-state index is 12.7. The highest BCUT2D eigenvalue weighted by molar-refractivity contribution is 7.89. The zero-order valence-electron chi connectivity index (χ0n) is 14.4. The Labute approximate surface area is 152 Å².